The van der Waals surface area contributed by atoms with Gasteiger partial charge in [-0.05, 0) is 36.1 Å². The van der Waals surface area contributed by atoms with Crippen LogP contribution >= 0.6 is 15.9 Å². The van der Waals surface area contributed by atoms with Crippen molar-refractivity contribution in [2.45, 2.75) is 19.8 Å². The zero-order chi connectivity index (χ0) is 9.14. The molecule has 1 atom stereocenters. The van der Waals surface area contributed by atoms with Gasteiger partial charge < -0.3 is 0 Å². The molecule has 1 aromatic carbocycles. The van der Waals surface area contributed by atoms with Crippen LogP contribution in [0.5, 0.6) is 0 Å². The Morgan fingerprint density at radius 3 is 2.75 bits per heavy atom. The molecule has 0 spiro atoms. The van der Waals surface area contributed by atoms with Crippen molar-refractivity contribution in [2.75, 3.05) is 5.33 Å². The van der Waals surface area contributed by atoms with Crippen LogP contribution in [0.3, 0.4) is 0 Å². The molecule has 1 aromatic rings. The van der Waals surface area contributed by atoms with E-state index < -0.39 is 0 Å². The van der Waals surface area contributed by atoms with Crippen LogP contribution in [-0.4, -0.2) is 5.33 Å². The summed E-state index contributed by atoms with van der Waals surface area (Å²) in [7, 11) is 0. The van der Waals surface area contributed by atoms with Crippen LogP contribution in [0.1, 0.15) is 24.0 Å². The van der Waals surface area contributed by atoms with E-state index in [2.05, 4.69) is 22.9 Å². The van der Waals surface area contributed by atoms with Crippen LogP contribution in [-0.2, 0) is 0 Å². The molecule has 0 nitrogen and oxygen atoms in total. The van der Waals surface area contributed by atoms with E-state index in [1.807, 2.05) is 13.0 Å². The molecule has 0 bridgehead atoms. The average Bonchev–Trinajstić information content (AvgIpc) is 2.08. The molecule has 0 aliphatic carbocycles. The van der Waals surface area contributed by atoms with Crippen LogP contribution in [0.15, 0.2) is 18.2 Å². The number of hydrogen-bond donors (Lipinski definition) is 0. The minimum Gasteiger partial charge on any atom is -0.207 e. The molecule has 0 N–H and O–H groups in total. The molecule has 1 rings (SSSR count). The summed E-state index contributed by atoms with van der Waals surface area (Å²) < 4.78 is 12.8. The van der Waals surface area contributed by atoms with E-state index in [0.29, 0.717) is 5.92 Å². The molecule has 0 saturated carbocycles. The van der Waals surface area contributed by atoms with Gasteiger partial charge in [-0.2, -0.15) is 0 Å². The maximum absolute atomic E-state index is 12.8. The second kappa shape index (κ2) is 4.04. The van der Waals surface area contributed by atoms with Crippen molar-refractivity contribution in [1.29, 1.82) is 0 Å². The highest BCUT2D eigenvalue weighted by Gasteiger charge is 2.07. The maximum atomic E-state index is 12.8. The van der Waals surface area contributed by atoms with Crippen molar-refractivity contribution < 1.29 is 4.39 Å². The second-order valence-electron chi connectivity index (χ2n) is 3.06. The van der Waals surface area contributed by atoms with Crippen LogP contribution < -0.4 is 0 Å². The van der Waals surface area contributed by atoms with Gasteiger partial charge in [0.1, 0.15) is 5.82 Å². The molecule has 0 amide bonds. The van der Waals surface area contributed by atoms with E-state index in [0.717, 1.165) is 16.5 Å². The fourth-order valence-corrected chi connectivity index (χ4v) is 1.57. The lowest BCUT2D eigenvalue weighted by Gasteiger charge is -2.11. The quantitative estimate of drug-likeness (QED) is 0.681. The Labute approximate surface area is 80.9 Å². The Morgan fingerprint density at radius 2 is 2.17 bits per heavy atom. The van der Waals surface area contributed by atoms with E-state index in [9.17, 15) is 4.39 Å². The lowest BCUT2D eigenvalue weighted by atomic mass is 9.98. The van der Waals surface area contributed by atoms with Crippen LogP contribution in [0.2, 0.25) is 0 Å². The van der Waals surface area contributed by atoms with Gasteiger partial charge in [-0.15, -0.1) is 0 Å². The molecule has 0 aliphatic heterocycles. The van der Waals surface area contributed by atoms with Gasteiger partial charge in [-0.1, -0.05) is 28.9 Å². The number of halogens is 2. The predicted octanol–water partition coefficient (Wildman–Crippen LogP) is 3.63. The van der Waals surface area contributed by atoms with Crippen molar-refractivity contribution in [1.82, 2.24) is 0 Å². The number of rotatable bonds is 2. The first-order valence-corrected chi connectivity index (χ1v) is 5.09. The van der Waals surface area contributed by atoms with Gasteiger partial charge in [-0.25, -0.2) is 4.39 Å². The first-order chi connectivity index (χ1) is 5.65. The molecular weight excluding hydrogens is 219 g/mol. The molecule has 66 valence electrons. The lowest BCUT2D eigenvalue weighted by molar-refractivity contribution is 0.623. The molecule has 0 radical (unpaired) electrons. The normalized spacial score (nSPS) is 13.0. The van der Waals surface area contributed by atoms with Crippen molar-refractivity contribution in [3.63, 3.8) is 0 Å². The molecule has 0 aliphatic rings. The smallest absolute Gasteiger partial charge is 0.123 e. The topological polar surface area (TPSA) is 0 Å². The molecule has 12 heavy (non-hydrogen) atoms. The van der Waals surface area contributed by atoms with E-state index in [1.54, 1.807) is 6.07 Å². The third-order valence-electron chi connectivity index (χ3n) is 2.00. The predicted molar refractivity (Wildman–Crippen MR) is 53.3 cm³/mol. The van der Waals surface area contributed by atoms with Gasteiger partial charge in [-0.3, -0.25) is 0 Å². The minimum atomic E-state index is -0.150. The zero-order valence-electron chi connectivity index (χ0n) is 7.27. The van der Waals surface area contributed by atoms with Gasteiger partial charge in [0.25, 0.3) is 0 Å². The first-order valence-electron chi connectivity index (χ1n) is 3.97. The second-order valence-corrected chi connectivity index (χ2v) is 3.70. The summed E-state index contributed by atoms with van der Waals surface area (Å²) in [4.78, 5) is 0. The number of benzene rings is 1. The summed E-state index contributed by atoms with van der Waals surface area (Å²) in [5, 5.41) is 0.872. The lowest BCUT2D eigenvalue weighted by Crippen LogP contribution is -1.98. The Balaban J connectivity index is 3.04. The summed E-state index contributed by atoms with van der Waals surface area (Å²) in [5.74, 6) is 0.226. The minimum absolute atomic E-state index is 0.150. The summed E-state index contributed by atoms with van der Waals surface area (Å²) in [5.41, 5.74) is 2.25. The Hall–Kier alpha value is -0.370. The van der Waals surface area contributed by atoms with E-state index in [-0.39, 0.29) is 5.82 Å². The zero-order valence-corrected chi connectivity index (χ0v) is 8.86. The van der Waals surface area contributed by atoms with Gasteiger partial charge >= 0.3 is 0 Å². The fraction of sp³-hybridized carbons (Fsp3) is 0.400. The standard InChI is InChI=1S/C10H12BrF/c1-7-3-4-9(12)5-10(7)8(2)6-11/h3-5,8H,6H2,1-2H3. The molecule has 1 unspecified atom stereocenters. The van der Waals surface area contributed by atoms with Crippen molar-refractivity contribution in [3.05, 3.63) is 35.1 Å². The largest absolute Gasteiger partial charge is 0.207 e. The molecule has 2 heteroatoms. The summed E-state index contributed by atoms with van der Waals surface area (Å²) in [6.07, 6.45) is 0. The van der Waals surface area contributed by atoms with Crippen LogP contribution in [0.25, 0.3) is 0 Å². The van der Waals surface area contributed by atoms with Gasteiger partial charge in [0.2, 0.25) is 0 Å². The molecule has 0 fully saturated rings. The average molecular weight is 231 g/mol. The van der Waals surface area contributed by atoms with E-state index in [4.69, 9.17) is 0 Å². The summed E-state index contributed by atoms with van der Waals surface area (Å²) >= 11 is 3.39. The van der Waals surface area contributed by atoms with Crippen molar-refractivity contribution in [3.8, 4) is 0 Å². The highest BCUT2D eigenvalue weighted by Crippen LogP contribution is 2.21. The van der Waals surface area contributed by atoms with Gasteiger partial charge in [0.05, 0.1) is 0 Å². The van der Waals surface area contributed by atoms with E-state index >= 15 is 0 Å². The summed E-state index contributed by atoms with van der Waals surface area (Å²) in [6, 6.07) is 4.94. The molecule has 0 heterocycles. The Bertz CT molecular complexity index is 271. The number of aryl methyl sites for hydroxylation is 1. The van der Waals surface area contributed by atoms with Gasteiger partial charge in [0.15, 0.2) is 0 Å². The number of alkyl halides is 1. The monoisotopic (exact) mass is 230 g/mol. The molecular formula is C10H12BrF. The highest BCUT2D eigenvalue weighted by molar-refractivity contribution is 9.09. The third-order valence-corrected chi connectivity index (χ3v) is 2.97. The molecule has 0 aromatic heterocycles. The molecule has 0 saturated heterocycles. The Morgan fingerprint density at radius 1 is 1.50 bits per heavy atom. The van der Waals surface area contributed by atoms with Crippen LogP contribution in [0, 0.1) is 12.7 Å². The first kappa shape index (κ1) is 9.72. The maximum Gasteiger partial charge on any atom is 0.123 e. The Kier molecular flexibility index (Phi) is 3.27. The summed E-state index contributed by atoms with van der Waals surface area (Å²) in [6.45, 7) is 4.09. The number of hydrogen-bond acceptors (Lipinski definition) is 0. The van der Waals surface area contributed by atoms with Gasteiger partial charge in [0, 0.05) is 5.33 Å². The van der Waals surface area contributed by atoms with Crippen molar-refractivity contribution >= 4 is 15.9 Å². The van der Waals surface area contributed by atoms with E-state index in [1.165, 1.54) is 6.07 Å². The fourth-order valence-electron chi connectivity index (χ4n) is 1.23. The third kappa shape index (κ3) is 2.07. The SMILES string of the molecule is Cc1ccc(F)cc1C(C)CBr. The highest BCUT2D eigenvalue weighted by atomic mass is 79.9. The van der Waals surface area contributed by atoms with Crippen LogP contribution in [0.4, 0.5) is 4.39 Å². The van der Waals surface area contributed by atoms with Crippen molar-refractivity contribution in [2.24, 2.45) is 0 Å².